The van der Waals surface area contributed by atoms with Crippen LogP contribution in [0.1, 0.15) is 38.3 Å². The van der Waals surface area contributed by atoms with E-state index in [2.05, 4.69) is 5.32 Å². The van der Waals surface area contributed by atoms with Crippen molar-refractivity contribution in [3.05, 3.63) is 35.4 Å². The first-order chi connectivity index (χ1) is 10.9. The Labute approximate surface area is 137 Å². The topological polar surface area (TPSA) is 75.6 Å². The fraction of sp³-hybridized carbons (Fsp3) is 0.500. The molecule has 1 atom stereocenters. The predicted octanol–water partition coefficient (Wildman–Crippen LogP) is 3.62. The molecule has 134 valence electrons. The molecule has 0 heterocycles. The molecule has 0 aliphatic carbocycles. The lowest BCUT2D eigenvalue weighted by Gasteiger charge is -2.22. The minimum Gasteiger partial charge on any atom is -0.480 e. The summed E-state index contributed by atoms with van der Waals surface area (Å²) in [4.78, 5) is 22.8. The Morgan fingerprint density at radius 3 is 2.29 bits per heavy atom. The van der Waals surface area contributed by atoms with Crippen molar-refractivity contribution in [3.8, 4) is 0 Å². The summed E-state index contributed by atoms with van der Waals surface area (Å²) in [6, 6.07) is 3.59. The Hall–Kier alpha value is -2.25. The average molecular weight is 347 g/mol. The standard InChI is InChI=1S/C16H20F3NO4/c1-15(2,3)24-14(23)20-12(13(21)22)9-8-10-6-4-5-7-11(10)16(17,18)19/h4-7,12H,8-9H2,1-3H3,(H,20,23)(H,21,22)/t12-/m1/s1. The summed E-state index contributed by atoms with van der Waals surface area (Å²) in [5, 5.41) is 11.3. The first kappa shape index (κ1) is 19.8. The van der Waals surface area contributed by atoms with E-state index in [1.54, 1.807) is 20.8 Å². The summed E-state index contributed by atoms with van der Waals surface area (Å²) in [6.07, 6.45) is -5.79. The second-order valence-corrected chi connectivity index (χ2v) is 6.23. The summed E-state index contributed by atoms with van der Waals surface area (Å²) in [5.41, 5.74) is -1.65. The molecule has 1 aromatic rings. The van der Waals surface area contributed by atoms with Crippen LogP contribution in [0.15, 0.2) is 24.3 Å². The summed E-state index contributed by atoms with van der Waals surface area (Å²) in [5.74, 6) is -1.34. The van der Waals surface area contributed by atoms with Crippen LogP contribution in [-0.2, 0) is 22.1 Å². The number of alkyl carbamates (subject to hydrolysis) is 1. The lowest BCUT2D eigenvalue weighted by Crippen LogP contribution is -2.43. The zero-order chi connectivity index (χ0) is 18.5. The fourth-order valence-corrected chi connectivity index (χ4v) is 2.02. The molecule has 0 aromatic heterocycles. The smallest absolute Gasteiger partial charge is 0.416 e. The van der Waals surface area contributed by atoms with Crippen molar-refractivity contribution in [2.75, 3.05) is 0 Å². The van der Waals surface area contributed by atoms with Gasteiger partial charge in [-0.05, 0) is 45.2 Å². The molecular weight excluding hydrogens is 327 g/mol. The SMILES string of the molecule is CC(C)(C)OC(=O)N[C@H](CCc1ccccc1C(F)(F)F)C(=O)O. The predicted molar refractivity (Wildman–Crippen MR) is 80.6 cm³/mol. The van der Waals surface area contributed by atoms with E-state index in [1.807, 2.05) is 0 Å². The number of ether oxygens (including phenoxy) is 1. The van der Waals surface area contributed by atoms with Crippen LogP contribution in [0.3, 0.4) is 0 Å². The third kappa shape index (κ3) is 6.47. The highest BCUT2D eigenvalue weighted by Crippen LogP contribution is 2.32. The van der Waals surface area contributed by atoms with Crippen LogP contribution in [0.25, 0.3) is 0 Å². The maximum Gasteiger partial charge on any atom is 0.416 e. The number of carbonyl (C=O) groups is 2. The lowest BCUT2D eigenvalue weighted by atomic mass is 10.00. The Morgan fingerprint density at radius 1 is 1.21 bits per heavy atom. The van der Waals surface area contributed by atoms with Crippen LogP contribution >= 0.6 is 0 Å². The van der Waals surface area contributed by atoms with Crippen LogP contribution in [-0.4, -0.2) is 28.8 Å². The average Bonchev–Trinajstić information content (AvgIpc) is 2.40. The number of nitrogens with one attached hydrogen (secondary N) is 1. The van der Waals surface area contributed by atoms with Gasteiger partial charge >= 0.3 is 18.2 Å². The van der Waals surface area contributed by atoms with Crippen molar-refractivity contribution < 1.29 is 32.6 Å². The zero-order valence-electron chi connectivity index (χ0n) is 13.6. The monoisotopic (exact) mass is 347 g/mol. The van der Waals surface area contributed by atoms with Crippen LogP contribution in [0.4, 0.5) is 18.0 Å². The molecule has 8 heteroatoms. The van der Waals surface area contributed by atoms with Crippen LogP contribution in [0, 0.1) is 0 Å². The van der Waals surface area contributed by atoms with Gasteiger partial charge in [0.15, 0.2) is 0 Å². The molecule has 5 nitrogen and oxygen atoms in total. The van der Waals surface area contributed by atoms with E-state index in [-0.39, 0.29) is 18.4 Å². The van der Waals surface area contributed by atoms with E-state index >= 15 is 0 Å². The van der Waals surface area contributed by atoms with Crippen molar-refractivity contribution in [2.24, 2.45) is 0 Å². The molecule has 1 aromatic carbocycles. The number of amides is 1. The van der Waals surface area contributed by atoms with Crippen molar-refractivity contribution in [3.63, 3.8) is 0 Å². The summed E-state index contributed by atoms with van der Waals surface area (Å²) >= 11 is 0. The number of rotatable bonds is 5. The third-order valence-electron chi connectivity index (χ3n) is 3.01. The number of aryl methyl sites for hydroxylation is 1. The maximum absolute atomic E-state index is 12.9. The van der Waals surface area contributed by atoms with Gasteiger partial charge in [0.2, 0.25) is 0 Å². The number of carboxylic acids is 1. The van der Waals surface area contributed by atoms with E-state index in [0.29, 0.717) is 0 Å². The molecule has 0 fully saturated rings. The Morgan fingerprint density at radius 2 is 1.79 bits per heavy atom. The summed E-state index contributed by atoms with van der Waals surface area (Å²) in [6.45, 7) is 4.84. The van der Waals surface area contributed by atoms with Gasteiger partial charge in [-0.2, -0.15) is 13.2 Å². The maximum atomic E-state index is 12.9. The number of hydrogen-bond donors (Lipinski definition) is 2. The second-order valence-electron chi connectivity index (χ2n) is 6.23. The fourth-order valence-electron chi connectivity index (χ4n) is 2.02. The molecule has 0 spiro atoms. The molecule has 0 aliphatic heterocycles. The number of halogens is 3. The van der Waals surface area contributed by atoms with Crippen molar-refractivity contribution in [1.82, 2.24) is 5.32 Å². The normalized spacial score (nSPS) is 13.2. The van der Waals surface area contributed by atoms with E-state index in [4.69, 9.17) is 9.84 Å². The first-order valence-corrected chi connectivity index (χ1v) is 7.27. The van der Waals surface area contributed by atoms with E-state index in [0.717, 1.165) is 6.07 Å². The van der Waals surface area contributed by atoms with E-state index < -0.39 is 35.4 Å². The minimum absolute atomic E-state index is 0.0257. The molecule has 1 rings (SSSR count). The molecular formula is C16H20F3NO4. The van der Waals surface area contributed by atoms with Crippen LogP contribution < -0.4 is 5.32 Å². The van der Waals surface area contributed by atoms with E-state index in [9.17, 15) is 22.8 Å². The highest BCUT2D eigenvalue weighted by molar-refractivity contribution is 5.80. The van der Waals surface area contributed by atoms with Gasteiger partial charge in [-0.1, -0.05) is 18.2 Å². The Bertz CT molecular complexity index is 594. The number of benzene rings is 1. The summed E-state index contributed by atoms with van der Waals surface area (Å²) < 4.78 is 43.7. The largest absolute Gasteiger partial charge is 0.480 e. The molecule has 0 saturated carbocycles. The van der Waals surface area contributed by atoms with Crippen molar-refractivity contribution in [2.45, 2.75) is 51.4 Å². The summed E-state index contributed by atoms with van der Waals surface area (Å²) in [7, 11) is 0. The molecule has 0 saturated heterocycles. The van der Waals surface area contributed by atoms with Gasteiger partial charge in [0.05, 0.1) is 5.56 Å². The second kappa shape index (κ2) is 7.55. The highest BCUT2D eigenvalue weighted by Gasteiger charge is 2.33. The van der Waals surface area contributed by atoms with Crippen molar-refractivity contribution >= 4 is 12.1 Å². The zero-order valence-corrected chi connectivity index (χ0v) is 13.6. The number of alkyl halides is 3. The molecule has 0 unspecified atom stereocenters. The Kier molecular flexibility index (Phi) is 6.22. The first-order valence-electron chi connectivity index (χ1n) is 7.27. The number of carbonyl (C=O) groups excluding carboxylic acids is 1. The molecule has 0 radical (unpaired) electrons. The molecule has 24 heavy (non-hydrogen) atoms. The number of carboxylic acid groups (broad SMARTS) is 1. The highest BCUT2D eigenvalue weighted by atomic mass is 19.4. The lowest BCUT2D eigenvalue weighted by molar-refractivity contribution is -0.139. The number of aliphatic carboxylic acids is 1. The molecule has 1 amide bonds. The Balaban J connectivity index is 2.79. The number of hydrogen-bond acceptors (Lipinski definition) is 3. The van der Waals surface area contributed by atoms with Gasteiger partial charge in [-0.15, -0.1) is 0 Å². The quantitative estimate of drug-likeness (QED) is 0.853. The van der Waals surface area contributed by atoms with E-state index in [1.165, 1.54) is 18.2 Å². The molecule has 2 N–H and O–H groups in total. The van der Waals surface area contributed by atoms with Crippen LogP contribution in [0.5, 0.6) is 0 Å². The van der Waals surface area contributed by atoms with Gasteiger partial charge in [-0.25, -0.2) is 9.59 Å². The minimum atomic E-state index is -4.52. The van der Waals surface area contributed by atoms with Crippen LogP contribution in [0.2, 0.25) is 0 Å². The van der Waals surface area contributed by atoms with Gasteiger partial charge in [-0.3, -0.25) is 0 Å². The molecule has 0 bridgehead atoms. The van der Waals surface area contributed by atoms with Crippen molar-refractivity contribution in [1.29, 1.82) is 0 Å². The molecule has 0 aliphatic rings. The van der Waals surface area contributed by atoms with Gasteiger partial charge in [0.25, 0.3) is 0 Å². The van der Waals surface area contributed by atoms with Gasteiger partial charge in [0.1, 0.15) is 11.6 Å². The van der Waals surface area contributed by atoms with Gasteiger partial charge < -0.3 is 15.2 Å². The van der Waals surface area contributed by atoms with Gasteiger partial charge in [0, 0.05) is 0 Å². The third-order valence-corrected chi connectivity index (χ3v) is 3.01.